The number of nitrogens with one attached hydrogen (secondary N) is 1. The zero-order valence-electron chi connectivity index (χ0n) is 27.3. The fourth-order valence-corrected chi connectivity index (χ4v) is 12.6. The highest BCUT2D eigenvalue weighted by Crippen LogP contribution is 2.71. The molecule has 7 rings (SSSR count). The maximum atomic E-state index is 13.5. The van der Waals surface area contributed by atoms with E-state index >= 15 is 0 Å². The van der Waals surface area contributed by atoms with Crippen LogP contribution in [0.4, 0.5) is 4.79 Å². The summed E-state index contributed by atoms with van der Waals surface area (Å²) in [4.78, 5) is 15.6. The standard InChI is InChI=1S/C36H61N3O3/c1-23-12-17-36(41-22-23)24(2)32-31(42-36)21-30-28-11-10-25-20-26(13-15-34(25,3)29(28)14-16-35(30,32)4)38-33(40)39(19-18-37)27-8-6-5-7-9-27/h23-32H,5-22,37H2,1-4H3,(H,38,40)/t23-,24-,25+,26+,28+,29?,30?,31-,32?,34-,35-,36+/m0/s1. The lowest BCUT2D eigenvalue weighted by molar-refractivity contribution is -0.273. The van der Waals surface area contributed by atoms with E-state index in [4.69, 9.17) is 15.2 Å². The number of ether oxygens (including phenoxy) is 2. The van der Waals surface area contributed by atoms with Gasteiger partial charge in [-0.1, -0.05) is 47.0 Å². The van der Waals surface area contributed by atoms with Crippen molar-refractivity contribution in [2.45, 2.75) is 148 Å². The maximum Gasteiger partial charge on any atom is 0.317 e. The summed E-state index contributed by atoms with van der Waals surface area (Å²) in [5.74, 6) is 4.70. The SMILES string of the molecule is C[C@H]1CC[C@@]2(OC1)O[C@H]1CC3[C@@H]4CC[C@@H]5C[C@H](NC(=O)N(CCN)C6CCCCC6)CC[C@]5(C)C4CC[C@]3(C)C1[C@@H]2C. The van der Waals surface area contributed by atoms with Crippen LogP contribution in [0.3, 0.4) is 0 Å². The van der Waals surface area contributed by atoms with Gasteiger partial charge in [0.05, 0.1) is 12.7 Å². The molecule has 7 fully saturated rings. The highest BCUT2D eigenvalue weighted by molar-refractivity contribution is 5.75. The zero-order chi connectivity index (χ0) is 29.3. The van der Waals surface area contributed by atoms with E-state index in [1.807, 2.05) is 0 Å². The van der Waals surface area contributed by atoms with Crippen molar-refractivity contribution in [3.05, 3.63) is 0 Å². The fourth-order valence-electron chi connectivity index (χ4n) is 12.6. The molecule has 0 bridgehead atoms. The molecule has 0 aromatic heterocycles. The van der Waals surface area contributed by atoms with Crippen LogP contribution in [0.2, 0.25) is 0 Å². The van der Waals surface area contributed by atoms with Gasteiger partial charge in [-0.05, 0) is 117 Å². The van der Waals surface area contributed by atoms with Crippen molar-refractivity contribution in [1.82, 2.24) is 10.2 Å². The summed E-state index contributed by atoms with van der Waals surface area (Å²) in [7, 11) is 0. The van der Waals surface area contributed by atoms with Gasteiger partial charge in [0, 0.05) is 37.5 Å². The minimum atomic E-state index is -0.310. The summed E-state index contributed by atoms with van der Waals surface area (Å²) in [6.07, 6.45) is 19.0. The second kappa shape index (κ2) is 11.2. The molecule has 2 saturated heterocycles. The van der Waals surface area contributed by atoms with Gasteiger partial charge in [-0.2, -0.15) is 0 Å². The van der Waals surface area contributed by atoms with Crippen LogP contribution in [-0.2, 0) is 9.47 Å². The summed E-state index contributed by atoms with van der Waals surface area (Å²) >= 11 is 0. The minimum absolute atomic E-state index is 0.156. The van der Waals surface area contributed by atoms with Gasteiger partial charge in [0.1, 0.15) is 0 Å². The number of carbonyl (C=O) groups excluding carboxylic acids is 1. The molecule has 3 N–H and O–H groups in total. The Morgan fingerprint density at radius 1 is 0.905 bits per heavy atom. The Morgan fingerprint density at radius 3 is 2.43 bits per heavy atom. The molecule has 2 aliphatic heterocycles. The Morgan fingerprint density at radius 2 is 1.69 bits per heavy atom. The second-order valence-corrected chi connectivity index (χ2v) is 16.9. The van der Waals surface area contributed by atoms with Crippen LogP contribution in [-0.4, -0.2) is 54.6 Å². The van der Waals surface area contributed by atoms with Crippen molar-refractivity contribution < 1.29 is 14.3 Å². The van der Waals surface area contributed by atoms with Crippen molar-refractivity contribution in [2.24, 2.45) is 58.0 Å². The number of amides is 2. The van der Waals surface area contributed by atoms with Crippen LogP contribution < -0.4 is 11.1 Å². The third-order valence-electron chi connectivity index (χ3n) is 14.9. The van der Waals surface area contributed by atoms with Gasteiger partial charge < -0.3 is 25.4 Å². The van der Waals surface area contributed by atoms with Gasteiger partial charge in [-0.15, -0.1) is 0 Å². The zero-order valence-corrected chi connectivity index (χ0v) is 27.3. The molecule has 7 aliphatic rings. The van der Waals surface area contributed by atoms with E-state index in [9.17, 15) is 4.79 Å². The van der Waals surface area contributed by atoms with Gasteiger partial charge >= 0.3 is 6.03 Å². The van der Waals surface area contributed by atoms with Gasteiger partial charge in [-0.3, -0.25) is 0 Å². The molecule has 3 unspecified atom stereocenters. The predicted octanol–water partition coefficient (Wildman–Crippen LogP) is 7.10. The number of hydrogen-bond acceptors (Lipinski definition) is 4. The van der Waals surface area contributed by atoms with Gasteiger partial charge in [0.25, 0.3) is 0 Å². The summed E-state index contributed by atoms with van der Waals surface area (Å²) < 4.78 is 13.5. The number of hydrogen-bond donors (Lipinski definition) is 2. The Bertz CT molecular complexity index is 991. The average Bonchev–Trinajstić information content (AvgIpc) is 3.43. The first-order chi connectivity index (χ1) is 20.2. The van der Waals surface area contributed by atoms with Crippen LogP contribution in [0.1, 0.15) is 124 Å². The molecule has 6 heteroatoms. The van der Waals surface area contributed by atoms with Crippen LogP contribution in [0.25, 0.3) is 0 Å². The van der Waals surface area contributed by atoms with E-state index in [0.717, 1.165) is 62.4 Å². The summed E-state index contributed by atoms with van der Waals surface area (Å²) in [5.41, 5.74) is 6.77. The van der Waals surface area contributed by atoms with E-state index < -0.39 is 0 Å². The minimum Gasteiger partial charge on any atom is -0.349 e. The largest absolute Gasteiger partial charge is 0.349 e. The number of carbonyl (C=O) groups is 1. The molecule has 2 amide bonds. The van der Waals surface area contributed by atoms with E-state index in [1.54, 1.807) is 0 Å². The third kappa shape index (κ3) is 4.70. The predicted molar refractivity (Wildman–Crippen MR) is 167 cm³/mol. The quantitative estimate of drug-likeness (QED) is 0.370. The molecule has 238 valence electrons. The number of urea groups is 1. The van der Waals surface area contributed by atoms with Gasteiger partial charge in [-0.25, -0.2) is 4.79 Å². The Hall–Kier alpha value is -0.850. The average molecular weight is 584 g/mol. The smallest absolute Gasteiger partial charge is 0.317 e. The van der Waals surface area contributed by atoms with Crippen LogP contribution in [0, 0.1) is 52.3 Å². The first-order valence-electron chi connectivity index (χ1n) is 18.3. The lowest BCUT2D eigenvalue weighted by Gasteiger charge is -2.61. The van der Waals surface area contributed by atoms with Gasteiger partial charge in [0.15, 0.2) is 5.79 Å². The first-order valence-corrected chi connectivity index (χ1v) is 18.3. The van der Waals surface area contributed by atoms with Crippen molar-refractivity contribution >= 4 is 6.03 Å². The maximum absolute atomic E-state index is 13.5. The molecule has 6 nitrogen and oxygen atoms in total. The topological polar surface area (TPSA) is 76.8 Å². The summed E-state index contributed by atoms with van der Waals surface area (Å²) in [6, 6.07) is 0.854. The Kier molecular flexibility index (Phi) is 7.95. The fraction of sp³-hybridized carbons (Fsp3) is 0.972. The third-order valence-corrected chi connectivity index (χ3v) is 14.9. The molecule has 5 aliphatic carbocycles. The highest BCUT2D eigenvalue weighted by Gasteiger charge is 2.69. The lowest BCUT2D eigenvalue weighted by atomic mass is 9.44. The molecule has 12 atom stereocenters. The normalized spacial score (nSPS) is 50.5. The molecule has 5 saturated carbocycles. The molecule has 2 heterocycles. The van der Waals surface area contributed by atoms with Crippen molar-refractivity contribution in [3.63, 3.8) is 0 Å². The molecule has 1 spiro atoms. The molecule has 0 aromatic carbocycles. The van der Waals surface area contributed by atoms with Crippen molar-refractivity contribution in [1.29, 1.82) is 0 Å². The van der Waals surface area contributed by atoms with Crippen LogP contribution in [0.15, 0.2) is 0 Å². The summed E-state index contributed by atoms with van der Waals surface area (Å²) in [5, 5.41) is 3.53. The summed E-state index contributed by atoms with van der Waals surface area (Å²) in [6.45, 7) is 12.2. The number of nitrogens with two attached hydrogens (primary N) is 1. The van der Waals surface area contributed by atoms with E-state index in [0.29, 0.717) is 59.9 Å². The number of fused-ring (bicyclic) bond motifs is 7. The van der Waals surface area contributed by atoms with E-state index in [-0.39, 0.29) is 11.8 Å². The Labute approximate surface area is 256 Å². The Balaban J connectivity index is 1.01. The van der Waals surface area contributed by atoms with Gasteiger partial charge in [0.2, 0.25) is 0 Å². The number of rotatable bonds is 4. The monoisotopic (exact) mass is 583 g/mol. The van der Waals surface area contributed by atoms with E-state index in [2.05, 4.69) is 37.9 Å². The molecule has 42 heavy (non-hydrogen) atoms. The van der Waals surface area contributed by atoms with E-state index in [1.165, 1.54) is 64.2 Å². The van der Waals surface area contributed by atoms with Crippen molar-refractivity contribution in [2.75, 3.05) is 19.7 Å². The first kappa shape index (κ1) is 29.8. The lowest BCUT2D eigenvalue weighted by Crippen LogP contribution is -2.57. The second-order valence-electron chi connectivity index (χ2n) is 16.9. The molecule has 0 radical (unpaired) electrons. The van der Waals surface area contributed by atoms with Crippen LogP contribution in [0.5, 0.6) is 0 Å². The van der Waals surface area contributed by atoms with Crippen LogP contribution >= 0.6 is 0 Å². The molecular weight excluding hydrogens is 522 g/mol. The number of nitrogens with zero attached hydrogens (tertiary/aromatic N) is 1. The molecular formula is C36H61N3O3. The molecule has 0 aromatic rings. The van der Waals surface area contributed by atoms with Crippen molar-refractivity contribution in [3.8, 4) is 0 Å². The highest BCUT2D eigenvalue weighted by atomic mass is 16.7.